The molecule has 2 heterocycles. The number of methoxy groups -OCH3 is 1. The van der Waals surface area contributed by atoms with E-state index in [2.05, 4.69) is 31.4 Å². The highest BCUT2D eigenvalue weighted by Gasteiger charge is 2.17. The van der Waals surface area contributed by atoms with E-state index in [1.807, 2.05) is 31.2 Å². The molecule has 0 fully saturated rings. The Labute approximate surface area is 192 Å². The second kappa shape index (κ2) is 9.35. The molecule has 4 aromatic rings. The normalized spacial score (nSPS) is 11.9. The highest BCUT2D eigenvalue weighted by atomic mass is 79.9. The summed E-state index contributed by atoms with van der Waals surface area (Å²) in [4.78, 5) is 17.0. The third kappa shape index (κ3) is 4.72. The Hall–Kier alpha value is -3.46. The standard InChI is InChI=1S/C23H20BrFN4O3/c1-14(15-5-8-17(31-2)9-6-15)26-21(30)13-29-11-3-4-20(29)23-27-22(28-32-23)16-7-10-19(25)18(24)12-16/h3-12,14H,13H2,1-2H3,(H,26,30). The maximum Gasteiger partial charge on any atom is 0.274 e. The fourth-order valence-corrected chi connectivity index (χ4v) is 3.62. The molecule has 2 aromatic heterocycles. The third-order valence-electron chi connectivity index (χ3n) is 4.96. The van der Waals surface area contributed by atoms with Gasteiger partial charge in [-0.3, -0.25) is 4.79 Å². The van der Waals surface area contributed by atoms with Crippen molar-refractivity contribution in [1.82, 2.24) is 20.0 Å². The number of amides is 1. The molecule has 164 valence electrons. The number of carbonyl (C=O) groups excluding carboxylic acids is 1. The first-order valence-corrected chi connectivity index (χ1v) is 10.6. The Kier molecular flexibility index (Phi) is 6.36. The van der Waals surface area contributed by atoms with Gasteiger partial charge in [0, 0.05) is 11.8 Å². The maximum atomic E-state index is 13.5. The molecule has 0 spiro atoms. The van der Waals surface area contributed by atoms with E-state index in [0.29, 0.717) is 21.6 Å². The third-order valence-corrected chi connectivity index (χ3v) is 5.57. The van der Waals surface area contributed by atoms with Gasteiger partial charge >= 0.3 is 0 Å². The molecular formula is C23H20BrFN4O3. The van der Waals surface area contributed by atoms with Crippen LogP contribution in [0, 0.1) is 5.82 Å². The quantitative estimate of drug-likeness (QED) is 0.388. The highest BCUT2D eigenvalue weighted by molar-refractivity contribution is 9.10. The molecule has 0 saturated heterocycles. The van der Waals surface area contributed by atoms with Crippen LogP contribution in [0.2, 0.25) is 0 Å². The van der Waals surface area contributed by atoms with Crippen LogP contribution in [0.15, 0.2) is 69.8 Å². The van der Waals surface area contributed by atoms with E-state index >= 15 is 0 Å². The number of carbonyl (C=O) groups is 1. The smallest absolute Gasteiger partial charge is 0.274 e. The van der Waals surface area contributed by atoms with Crippen LogP contribution < -0.4 is 10.1 Å². The topological polar surface area (TPSA) is 82.2 Å². The number of hydrogen-bond acceptors (Lipinski definition) is 5. The van der Waals surface area contributed by atoms with Crippen molar-refractivity contribution >= 4 is 21.8 Å². The van der Waals surface area contributed by atoms with Crippen LogP contribution in [0.1, 0.15) is 18.5 Å². The Morgan fingerprint density at radius 2 is 2.03 bits per heavy atom. The fourth-order valence-electron chi connectivity index (χ4n) is 3.24. The van der Waals surface area contributed by atoms with Gasteiger partial charge in [-0.25, -0.2) is 4.39 Å². The SMILES string of the molecule is COc1ccc(C(C)NC(=O)Cn2cccc2-c2nc(-c3ccc(F)c(Br)c3)no2)cc1. The van der Waals surface area contributed by atoms with Crippen molar-refractivity contribution < 1.29 is 18.4 Å². The highest BCUT2D eigenvalue weighted by Crippen LogP contribution is 2.26. The van der Waals surface area contributed by atoms with Gasteiger partial charge in [-0.1, -0.05) is 17.3 Å². The van der Waals surface area contributed by atoms with Crippen LogP contribution in [0.4, 0.5) is 4.39 Å². The second-order valence-corrected chi connectivity index (χ2v) is 7.99. The largest absolute Gasteiger partial charge is 0.497 e. The zero-order valence-corrected chi connectivity index (χ0v) is 19.0. The lowest BCUT2D eigenvalue weighted by molar-refractivity contribution is -0.122. The van der Waals surface area contributed by atoms with Gasteiger partial charge in [-0.15, -0.1) is 0 Å². The molecule has 1 amide bonds. The molecule has 1 N–H and O–H groups in total. The molecule has 1 atom stereocenters. The van der Waals surface area contributed by atoms with Gasteiger partial charge in [0.1, 0.15) is 23.8 Å². The summed E-state index contributed by atoms with van der Waals surface area (Å²) in [7, 11) is 1.61. The predicted octanol–water partition coefficient (Wildman–Crippen LogP) is 4.99. The number of rotatable bonds is 7. The van der Waals surface area contributed by atoms with Crippen molar-refractivity contribution in [3.8, 4) is 28.7 Å². The number of halogens is 2. The lowest BCUT2D eigenvalue weighted by Crippen LogP contribution is -2.30. The van der Waals surface area contributed by atoms with E-state index in [1.165, 1.54) is 6.07 Å². The zero-order chi connectivity index (χ0) is 22.7. The molecule has 9 heteroatoms. The van der Waals surface area contributed by atoms with Crippen LogP contribution in [-0.2, 0) is 11.3 Å². The number of benzene rings is 2. The van der Waals surface area contributed by atoms with Gasteiger partial charge in [0.05, 0.1) is 17.6 Å². The van der Waals surface area contributed by atoms with E-state index in [-0.39, 0.29) is 30.2 Å². The van der Waals surface area contributed by atoms with Crippen molar-refractivity contribution in [2.75, 3.05) is 7.11 Å². The van der Waals surface area contributed by atoms with Gasteiger partial charge in [0.2, 0.25) is 11.7 Å². The van der Waals surface area contributed by atoms with Crippen LogP contribution in [-0.4, -0.2) is 27.7 Å². The fraction of sp³-hybridized carbons (Fsp3) is 0.174. The Morgan fingerprint density at radius 3 is 2.75 bits per heavy atom. The monoisotopic (exact) mass is 498 g/mol. The van der Waals surface area contributed by atoms with E-state index in [4.69, 9.17) is 9.26 Å². The van der Waals surface area contributed by atoms with E-state index < -0.39 is 0 Å². The molecule has 0 aliphatic rings. The van der Waals surface area contributed by atoms with E-state index in [1.54, 1.807) is 42.1 Å². The molecule has 0 aliphatic carbocycles. The summed E-state index contributed by atoms with van der Waals surface area (Å²) in [5.74, 6) is 0.817. The van der Waals surface area contributed by atoms with Crippen molar-refractivity contribution in [3.63, 3.8) is 0 Å². The van der Waals surface area contributed by atoms with Crippen LogP contribution in [0.5, 0.6) is 5.75 Å². The molecule has 4 rings (SSSR count). The number of ether oxygens (including phenoxy) is 1. The Bertz CT molecular complexity index is 1240. The second-order valence-electron chi connectivity index (χ2n) is 7.14. The van der Waals surface area contributed by atoms with Crippen molar-refractivity contribution in [1.29, 1.82) is 0 Å². The summed E-state index contributed by atoms with van der Waals surface area (Å²) in [6, 6.07) is 15.4. The number of hydrogen-bond donors (Lipinski definition) is 1. The number of nitrogens with zero attached hydrogens (tertiary/aromatic N) is 3. The van der Waals surface area contributed by atoms with E-state index in [0.717, 1.165) is 11.3 Å². The van der Waals surface area contributed by atoms with Crippen molar-refractivity contribution in [3.05, 3.63) is 76.6 Å². The minimum atomic E-state index is -0.374. The van der Waals surface area contributed by atoms with Gasteiger partial charge in [0.25, 0.3) is 5.89 Å². The maximum absolute atomic E-state index is 13.5. The average Bonchev–Trinajstić information content (AvgIpc) is 3.45. The van der Waals surface area contributed by atoms with Gasteiger partial charge in [0.15, 0.2) is 0 Å². The molecule has 32 heavy (non-hydrogen) atoms. The first-order chi connectivity index (χ1) is 15.4. The molecule has 0 radical (unpaired) electrons. The minimum absolute atomic E-state index is 0.0860. The minimum Gasteiger partial charge on any atom is -0.497 e. The molecule has 0 saturated carbocycles. The number of aromatic nitrogens is 3. The Morgan fingerprint density at radius 1 is 1.25 bits per heavy atom. The summed E-state index contributed by atoms with van der Waals surface area (Å²) in [6.07, 6.45) is 1.77. The van der Waals surface area contributed by atoms with E-state index in [9.17, 15) is 9.18 Å². The van der Waals surface area contributed by atoms with Gasteiger partial charge in [-0.05, 0) is 70.9 Å². The first kappa shape index (κ1) is 21.8. The van der Waals surface area contributed by atoms with Gasteiger partial charge in [-0.2, -0.15) is 4.98 Å². The zero-order valence-electron chi connectivity index (χ0n) is 17.4. The lowest BCUT2D eigenvalue weighted by Gasteiger charge is -2.15. The Balaban J connectivity index is 1.46. The molecule has 0 bridgehead atoms. The summed E-state index contributed by atoms with van der Waals surface area (Å²) in [5, 5.41) is 6.97. The van der Waals surface area contributed by atoms with Crippen molar-refractivity contribution in [2.24, 2.45) is 0 Å². The molecular weight excluding hydrogens is 479 g/mol. The molecule has 2 aromatic carbocycles. The molecule has 7 nitrogen and oxygen atoms in total. The van der Waals surface area contributed by atoms with Crippen LogP contribution in [0.3, 0.4) is 0 Å². The summed E-state index contributed by atoms with van der Waals surface area (Å²) < 4.78 is 26.1. The van der Waals surface area contributed by atoms with Crippen molar-refractivity contribution in [2.45, 2.75) is 19.5 Å². The molecule has 1 unspecified atom stereocenters. The summed E-state index contributed by atoms with van der Waals surface area (Å²) >= 11 is 3.16. The van der Waals surface area contributed by atoms with Crippen LogP contribution in [0.25, 0.3) is 23.0 Å². The first-order valence-electron chi connectivity index (χ1n) is 9.82. The lowest BCUT2D eigenvalue weighted by atomic mass is 10.1. The molecule has 0 aliphatic heterocycles. The van der Waals surface area contributed by atoms with Gasteiger partial charge < -0.3 is 19.1 Å². The number of nitrogens with one attached hydrogen (secondary N) is 1. The average molecular weight is 499 g/mol. The van der Waals surface area contributed by atoms with Crippen LogP contribution >= 0.6 is 15.9 Å². The summed E-state index contributed by atoms with van der Waals surface area (Å²) in [6.45, 7) is 2.00. The predicted molar refractivity (Wildman–Crippen MR) is 120 cm³/mol. The summed E-state index contributed by atoms with van der Waals surface area (Å²) in [5.41, 5.74) is 2.19.